The van der Waals surface area contributed by atoms with Gasteiger partial charge in [-0.25, -0.2) is 4.39 Å². The maximum Gasteiger partial charge on any atom is 0.255 e. The van der Waals surface area contributed by atoms with Crippen molar-refractivity contribution in [3.8, 4) is 11.4 Å². The van der Waals surface area contributed by atoms with E-state index in [2.05, 4.69) is 31.0 Å². The molecule has 6 nitrogen and oxygen atoms in total. The number of piperazine rings is 1. The summed E-state index contributed by atoms with van der Waals surface area (Å²) in [6.07, 6.45) is 1.63. The first-order chi connectivity index (χ1) is 15.0. The van der Waals surface area contributed by atoms with E-state index >= 15 is 0 Å². The first-order valence-corrected chi connectivity index (χ1v) is 11.2. The van der Waals surface area contributed by atoms with Crippen molar-refractivity contribution in [3.05, 3.63) is 69.8 Å². The molecule has 2 aromatic carbocycles. The Labute approximate surface area is 189 Å². The predicted octanol–water partition coefficient (Wildman–Crippen LogP) is 4.34. The van der Waals surface area contributed by atoms with Gasteiger partial charge in [0.1, 0.15) is 5.82 Å². The summed E-state index contributed by atoms with van der Waals surface area (Å²) in [5.41, 5.74) is 2.64. The third kappa shape index (κ3) is 5.37. The van der Waals surface area contributed by atoms with Crippen molar-refractivity contribution in [2.45, 2.75) is 19.8 Å². The van der Waals surface area contributed by atoms with E-state index in [-0.39, 0.29) is 11.7 Å². The van der Waals surface area contributed by atoms with Crippen LogP contribution in [-0.2, 0) is 6.42 Å². The second-order valence-corrected chi connectivity index (χ2v) is 8.59. The molecular weight excluding hydrogens is 463 g/mol. The predicted molar refractivity (Wildman–Crippen MR) is 119 cm³/mol. The fourth-order valence-corrected chi connectivity index (χ4v) is 4.16. The molecule has 0 atom stereocenters. The monoisotopic (exact) mass is 486 g/mol. The van der Waals surface area contributed by atoms with Gasteiger partial charge in [-0.15, -0.1) is 0 Å². The van der Waals surface area contributed by atoms with E-state index in [4.69, 9.17) is 4.52 Å². The minimum absolute atomic E-state index is 0.0685. The van der Waals surface area contributed by atoms with Crippen LogP contribution >= 0.6 is 15.9 Å². The van der Waals surface area contributed by atoms with Gasteiger partial charge in [0.15, 0.2) is 0 Å². The van der Waals surface area contributed by atoms with E-state index in [0.717, 1.165) is 38.0 Å². The third-order valence-electron chi connectivity index (χ3n) is 5.46. The standard InChI is InChI=1S/C23H24BrFN4O2/c1-16-4-6-17(7-5-16)22-26-21(31-27-22)3-2-10-28-11-13-29(14-12-28)23(30)19-9-8-18(25)15-20(19)24/h4-9,15H,2-3,10-14H2,1H3. The third-order valence-corrected chi connectivity index (χ3v) is 6.12. The molecule has 4 rings (SSSR count). The Hall–Kier alpha value is -2.58. The van der Waals surface area contributed by atoms with Crippen LogP contribution < -0.4 is 0 Å². The van der Waals surface area contributed by atoms with Crippen LogP contribution in [0.25, 0.3) is 11.4 Å². The maximum atomic E-state index is 13.3. The Morgan fingerprint density at radius 1 is 1.13 bits per heavy atom. The Bertz CT molecular complexity index is 1050. The molecule has 1 aliphatic rings. The van der Waals surface area contributed by atoms with Crippen LogP contribution in [0.1, 0.15) is 28.2 Å². The van der Waals surface area contributed by atoms with Crippen LogP contribution in [0.4, 0.5) is 4.39 Å². The lowest BCUT2D eigenvalue weighted by molar-refractivity contribution is 0.0634. The summed E-state index contributed by atoms with van der Waals surface area (Å²) in [4.78, 5) is 21.4. The van der Waals surface area contributed by atoms with Crippen LogP contribution in [0.3, 0.4) is 0 Å². The number of hydrogen-bond acceptors (Lipinski definition) is 5. The topological polar surface area (TPSA) is 62.5 Å². The Kier molecular flexibility index (Phi) is 6.77. The molecule has 3 aromatic rings. The van der Waals surface area contributed by atoms with E-state index in [1.165, 1.54) is 23.8 Å². The highest BCUT2D eigenvalue weighted by atomic mass is 79.9. The van der Waals surface area contributed by atoms with Gasteiger partial charge >= 0.3 is 0 Å². The minimum Gasteiger partial charge on any atom is -0.339 e. The lowest BCUT2D eigenvalue weighted by Crippen LogP contribution is -2.49. The lowest BCUT2D eigenvalue weighted by Gasteiger charge is -2.34. The van der Waals surface area contributed by atoms with Crippen molar-refractivity contribution in [2.75, 3.05) is 32.7 Å². The summed E-state index contributed by atoms with van der Waals surface area (Å²) in [6, 6.07) is 12.2. The minimum atomic E-state index is -0.361. The molecule has 0 saturated carbocycles. The molecule has 2 heterocycles. The quantitative estimate of drug-likeness (QED) is 0.518. The summed E-state index contributed by atoms with van der Waals surface area (Å²) in [5.74, 6) is 0.834. The Balaban J connectivity index is 1.23. The lowest BCUT2D eigenvalue weighted by atomic mass is 10.1. The van der Waals surface area contributed by atoms with E-state index < -0.39 is 0 Å². The number of carbonyl (C=O) groups is 1. The van der Waals surface area contributed by atoms with Gasteiger partial charge in [0, 0.05) is 42.6 Å². The highest BCUT2D eigenvalue weighted by Crippen LogP contribution is 2.21. The molecule has 1 aliphatic heterocycles. The molecule has 1 aromatic heterocycles. The molecule has 1 amide bonds. The molecule has 0 N–H and O–H groups in total. The van der Waals surface area contributed by atoms with E-state index in [1.54, 1.807) is 0 Å². The number of aryl methyl sites for hydroxylation is 2. The van der Waals surface area contributed by atoms with E-state index in [0.29, 0.717) is 34.8 Å². The molecule has 0 bridgehead atoms. The number of rotatable bonds is 6. The fraction of sp³-hybridized carbons (Fsp3) is 0.348. The summed E-state index contributed by atoms with van der Waals surface area (Å²) >= 11 is 3.28. The number of nitrogens with zero attached hydrogens (tertiary/aromatic N) is 4. The van der Waals surface area contributed by atoms with Crippen molar-refractivity contribution < 1.29 is 13.7 Å². The Morgan fingerprint density at radius 3 is 2.58 bits per heavy atom. The number of benzene rings is 2. The van der Waals surface area contributed by atoms with Gasteiger partial charge in [0.25, 0.3) is 5.91 Å². The largest absolute Gasteiger partial charge is 0.339 e. The molecule has 0 spiro atoms. The van der Waals surface area contributed by atoms with Crippen LogP contribution in [0, 0.1) is 12.7 Å². The van der Waals surface area contributed by atoms with Gasteiger partial charge in [-0.1, -0.05) is 35.0 Å². The highest BCUT2D eigenvalue weighted by Gasteiger charge is 2.23. The van der Waals surface area contributed by atoms with Gasteiger partial charge < -0.3 is 9.42 Å². The van der Waals surface area contributed by atoms with Crippen molar-refractivity contribution in [1.29, 1.82) is 0 Å². The van der Waals surface area contributed by atoms with Crippen LogP contribution in [0.15, 0.2) is 51.5 Å². The average molecular weight is 487 g/mol. The normalized spacial score (nSPS) is 14.7. The number of amides is 1. The second kappa shape index (κ2) is 9.70. The smallest absolute Gasteiger partial charge is 0.255 e. The Morgan fingerprint density at radius 2 is 1.87 bits per heavy atom. The number of halogens is 2. The molecule has 8 heteroatoms. The fourth-order valence-electron chi connectivity index (χ4n) is 3.64. The van der Waals surface area contributed by atoms with E-state index in [1.807, 2.05) is 36.1 Å². The summed E-state index contributed by atoms with van der Waals surface area (Å²) in [7, 11) is 0. The molecule has 1 fully saturated rings. The van der Waals surface area contributed by atoms with Gasteiger partial charge in [0.05, 0.1) is 5.56 Å². The van der Waals surface area contributed by atoms with Crippen LogP contribution in [0.5, 0.6) is 0 Å². The van der Waals surface area contributed by atoms with E-state index in [9.17, 15) is 9.18 Å². The highest BCUT2D eigenvalue weighted by molar-refractivity contribution is 9.10. The number of aromatic nitrogens is 2. The van der Waals surface area contributed by atoms with Gasteiger partial charge in [-0.2, -0.15) is 4.98 Å². The number of hydrogen-bond donors (Lipinski definition) is 0. The molecule has 1 saturated heterocycles. The van der Waals surface area contributed by atoms with Gasteiger partial charge in [0.2, 0.25) is 11.7 Å². The molecular formula is C23H24BrFN4O2. The molecule has 162 valence electrons. The number of carbonyl (C=O) groups excluding carboxylic acids is 1. The molecule has 0 aliphatic carbocycles. The zero-order valence-corrected chi connectivity index (χ0v) is 18.9. The van der Waals surface area contributed by atoms with Gasteiger partial charge in [-0.3, -0.25) is 9.69 Å². The van der Waals surface area contributed by atoms with Crippen LogP contribution in [0.2, 0.25) is 0 Å². The van der Waals surface area contributed by atoms with Crippen molar-refractivity contribution in [1.82, 2.24) is 19.9 Å². The first kappa shape index (κ1) is 21.6. The van der Waals surface area contributed by atoms with Gasteiger partial charge in [-0.05, 0) is 54.0 Å². The zero-order chi connectivity index (χ0) is 21.8. The zero-order valence-electron chi connectivity index (χ0n) is 17.4. The maximum absolute atomic E-state index is 13.3. The summed E-state index contributed by atoms with van der Waals surface area (Å²) in [6.45, 7) is 5.88. The summed E-state index contributed by atoms with van der Waals surface area (Å²) < 4.78 is 19.2. The molecule has 0 radical (unpaired) electrons. The molecule has 31 heavy (non-hydrogen) atoms. The summed E-state index contributed by atoms with van der Waals surface area (Å²) in [5, 5.41) is 4.08. The first-order valence-electron chi connectivity index (χ1n) is 10.4. The second-order valence-electron chi connectivity index (χ2n) is 7.74. The average Bonchev–Trinajstić information content (AvgIpc) is 3.23. The molecule has 0 unspecified atom stereocenters. The van der Waals surface area contributed by atoms with Crippen molar-refractivity contribution in [3.63, 3.8) is 0 Å². The van der Waals surface area contributed by atoms with Crippen molar-refractivity contribution in [2.24, 2.45) is 0 Å². The van der Waals surface area contributed by atoms with Crippen LogP contribution in [-0.4, -0.2) is 58.6 Å². The van der Waals surface area contributed by atoms with Crippen molar-refractivity contribution >= 4 is 21.8 Å². The SMILES string of the molecule is Cc1ccc(-c2noc(CCCN3CCN(C(=O)c4ccc(F)cc4Br)CC3)n2)cc1.